The van der Waals surface area contributed by atoms with Gasteiger partial charge in [-0.25, -0.2) is 0 Å². The van der Waals surface area contributed by atoms with Crippen molar-refractivity contribution in [3.8, 4) is 0 Å². The van der Waals surface area contributed by atoms with Crippen LogP contribution < -0.4 is 0 Å². The SMILES string of the molecule is CC(=O)c1cccs1.CC(=O)c1ccsc1. The first-order valence-corrected chi connectivity index (χ1v) is 6.51. The predicted octanol–water partition coefficient (Wildman–Crippen LogP) is 3.90. The third-order valence-electron chi connectivity index (χ3n) is 1.80. The molecule has 0 fully saturated rings. The maximum absolute atomic E-state index is 10.5. The van der Waals surface area contributed by atoms with Crippen molar-refractivity contribution >= 4 is 34.2 Å². The minimum atomic E-state index is 0.145. The highest BCUT2D eigenvalue weighted by Crippen LogP contribution is 2.07. The zero-order chi connectivity index (χ0) is 12.0. The fourth-order valence-electron chi connectivity index (χ4n) is 0.944. The van der Waals surface area contributed by atoms with Crippen molar-refractivity contribution in [3.05, 3.63) is 44.8 Å². The Labute approximate surface area is 103 Å². The average Bonchev–Trinajstić information content (AvgIpc) is 2.93. The van der Waals surface area contributed by atoms with Gasteiger partial charge in [-0.05, 0) is 36.7 Å². The molecule has 0 amide bonds. The van der Waals surface area contributed by atoms with Gasteiger partial charge in [-0.1, -0.05) is 6.07 Å². The molecule has 0 saturated heterocycles. The van der Waals surface area contributed by atoms with Gasteiger partial charge in [0.2, 0.25) is 0 Å². The van der Waals surface area contributed by atoms with Gasteiger partial charge in [-0.15, -0.1) is 11.3 Å². The minimum absolute atomic E-state index is 0.145. The predicted molar refractivity (Wildman–Crippen MR) is 68.6 cm³/mol. The van der Waals surface area contributed by atoms with Gasteiger partial charge in [0, 0.05) is 10.9 Å². The zero-order valence-electron chi connectivity index (χ0n) is 9.10. The van der Waals surface area contributed by atoms with Gasteiger partial charge in [0.05, 0.1) is 4.88 Å². The van der Waals surface area contributed by atoms with E-state index in [4.69, 9.17) is 0 Å². The van der Waals surface area contributed by atoms with Crippen LogP contribution in [0.3, 0.4) is 0 Å². The van der Waals surface area contributed by atoms with Crippen molar-refractivity contribution in [2.24, 2.45) is 0 Å². The van der Waals surface area contributed by atoms with E-state index in [1.54, 1.807) is 25.2 Å². The smallest absolute Gasteiger partial charge is 0.169 e. The molecule has 0 spiro atoms. The van der Waals surface area contributed by atoms with E-state index in [2.05, 4.69) is 0 Å². The summed E-state index contributed by atoms with van der Waals surface area (Å²) in [5, 5.41) is 5.65. The van der Waals surface area contributed by atoms with Crippen LogP contribution >= 0.6 is 22.7 Å². The van der Waals surface area contributed by atoms with Gasteiger partial charge in [-0.2, -0.15) is 11.3 Å². The largest absolute Gasteiger partial charge is 0.294 e. The van der Waals surface area contributed by atoms with Gasteiger partial charge in [-0.3, -0.25) is 9.59 Å². The van der Waals surface area contributed by atoms with Crippen molar-refractivity contribution in [1.29, 1.82) is 0 Å². The summed E-state index contributed by atoms with van der Waals surface area (Å²) in [5.41, 5.74) is 0.815. The van der Waals surface area contributed by atoms with Crippen LogP contribution in [0.15, 0.2) is 34.3 Å². The van der Waals surface area contributed by atoms with E-state index in [1.807, 2.05) is 34.3 Å². The molecule has 2 aromatic heterocycles. The second-order valence-electron chi connectivity index (χ2n) is 3.10. The van der Waals surface area contributed by atoms with E-state index in [1.165, 1.54) is 11.3 Å². The lowest BCUT2D eigenvalue weighted by atomic mass is 10.2. The first kappa shape index (κ1) is 12.8. The van der Waals surface area contributed by atoms with Crippen LogP contribution in [-0.4, -0.2) is 11.6 Å². The molecule has 0 N–H and O–H groups in total. The standard InChI is InChI=1S/2C6H6OS/c1-5(7)6-2-3-8-4-6;1-5(7)6-3-2-4-8-6/h2*2-4H,1H3. The Kier molecular flexibility index (Phi) is 5.08. The number of rotatable bonds is 2. The Morgan fingerprint density at radius 2 is 1.81 bits per heavy atom. The number of carbonyl (C=O) groups is 2. The summed E-state index contributed by atoms with van der Waals surface area (Å²) in [6.07, 6.45) is 0. The summed E-state index contributed by atoms with van der Waals surface area (Å²) in [6, 6.07) is 5.53. The molecule has 0 radical (unpaired) electrons. The first-order chi connectivity index (χ1) is 7.61. The summed E-state index contributed by atoms with van der Waals surface area (Å²) in [4.78, 5) is 21.9. The Morgan fingerprint density at radius 3 is 2.06 bits per heavy atom. The molecule has 84 valence electrons. The molecule has 16 heavy (non-hydrogen) atoms. The maximum atomic E-state index is 10.5. The Balaban J connectivity index is 0.000000160. The molecule has 0 atom stereocenters. The summed E-state index contributed by atoms with van der Waals surface area (Å²) in [6.45, 7) is 3.15. The Hall–Kier alpha value is -1.26. The average molecular weight is 252 g/mol. The highest BCUT2D eigenvalue weighted by atomic mass is 32.1. The molecule has 0 saturated carbocycles. The highest BCUT2D eigenvalue weighted by molar-refractivity contribution is 7.12. The van der Waals surface area contributed by atoms with Crippen molar-refractivity contribution in [3.63, 3.8) is 0 Å². The summed E-state index contributed by atoms with van der Waals surface area (Å²) in [5.74, 6) is 0.297. The van der Waals surface area contributed by atoms with Crippen LogP contribution in [0.2, 0.25) is 0 Å². The van der Waals surface area contributed by atoms with Crippen LogP contribution in [0.5, 0.6) is 0 Å². The first-order valence-electron chi connectivity index (χ1n) is 4.69. The lowest BCUT2D eigenvalue weighted by molar-refractivity contribution is 0.101. The second-order valence-corrected chi connectivity index (χ2v) is 4.83. The maximum Gasteiger partial charge on any atom is 0.169 e. The molecule has 0 unspecified atom stereocenters. The summed E-state index contributed by atoms with van der Waals surface area (Å²) < 4.78 is 0. The van der Waals surface area contributed by atoms with Crippen molar-refractivity contribution in [1.82, 2.24) is 0 Å². The van der Waals surface area contributed by atoms with Crippen LogP contribution in [0, 0.1) is 0 Å². The fraction of sp³-hybridized carbons (Fsp3) is 0.167. The summed E-state index contributed by atoms with van der Waals surface area (Å²) >= 11 is 3.03. The minimum Gasteiger partial charge on any atom is -0.294 e. The van der Waals surface area contributed by atoms with E-state index in [0.29, 0.717) is 0 Å². The van der Waals surface area contributed by atoms with Gasteiger partial charge in [0.15, 0.2) is 11.6 Å². The molecular formula is C12H12O2S2. The van der Waals surface area contributed by atoms with Crippen LogP contribution in [0.4, 0.5) is 0 Å². The topological polar surface area (TPSA) is 34.1 Å². The van der Waals surface area contributed by atoms with Gasteiger partial charge >= 0.3 is 0 Å². The number of hydrogen-bond donors (Lipinski definition) is 0. The normalized spacial score (nSPS) is 9.12. The highest BCUT2D eigenvalue weighted by Gasteiger charge is 1.95. The second kappa shape index (κ2) is 6.35. The molecule has 2 rings (SSSR count). The number of Topliss-reactive ketones (excluding diaryl/α,β-unsaturated/α-hetero) is 2. The number of carbonyl (C=O) groups excluding carboxylic acids is 2. The molecule has 0 aliphatic heterocycles. The van der Waals surface area contributed by atoms with E-state index < -0.39 is 0 Å². The molecule has 4 heteroatoms. The molecular weight excluding hydrogens is 240 g/mol. The van der Waals surface area contributed by atoms with Crippen LogP contribution in [0.1, 0.15) is 33.9 Å². The molecule has 2 nitrogen and oxygen atoms in total. The van der Waals surface area contributed by atoms with E-state index in [0.717, 1.165) is 10.4 Å². The number of hydrogen-bond acceptors (Lipinski definition) is 4. The number of ketones is 2. The monoisotopic (exact) mass is 252 g/mol. The quantitative estimate of drug-likeness (QED) is 0.760. The van der Waals surface area contributed by atoms with E-state index in [-0.39, 0.29) is 11.6 Å². The van der Waals surface area contributed by atoms with Gasteiger partial charge in [0.25, 0.3) is 0 Å². The Bertz CT molecular complexity index is 397. The Morgan fingerprint density at radius 1 is 1.06 bits per heavy atom. The third-order valence-corrected chi connectivity index (χ3v) is 3.45. The van der Waals surface area contributed by atoms with Gasteiger partial charge < -0.3 is 0 Å². The van der Waals surface area contributed by atoms with Gasteiger partial charge in [0.1, 0.15) is 0 Å². The fourth-order valence-corrected chi connectivity index (χ4v) is 2.27. The molecule has 0 aliphatic carbocycles. The molecule has 2 aromatic rings. The van der Waals surface area contributed by atoms with Crippen molar-refractivity contribution in [2.45, 2.75) is 13.8 Å². The zero-order valence-corrected chi connectivity index (χ0v) is 10.7. The molecule has 2 heterocycles. The molecule has 0 aliphatic rings. The van der Waals surface area contributed by atoms with E-state index in [9.17, 15) is 9.59 Å². The lowest BCUT2D eigenvalue weighted by Crippen LogP contribution is -1.85. The number of thiophene rings is 2. The van der Waals surface area contributed by atoms with Crippen molar-refractivity contribution in [2.75, 3.05) is 0 Å². The molecule has 0 bridgehead atoms. The molecule has 0 aromatic carbocycles. The lowest BCUT2D eigenvalue weighted by Gasteiger charge is -1.79. The van der Waals surface area contributed by atoms with Crippen LogP contribution in [-0.2, 0) is 0 Å². The van der Waals surface area contributed by atoms with Crippen molar-refractivity contribution < 1.29 is 9.59 Å². The summed E-state index contributed by atoms with van der Waals surface area (Å²) in [7, 11) is 0. The van der Waals surface area contributed by atoms with Crippen LogP contribution in [0.25, 0.3) is 0 Å². The third kappa shape index (κ3) is 4.08. The van der Waals surface area contributed by atoms with E-state index >= 15 is 0 Å².